The zero-order valence-corrected chi connectivity index (χ0v) is 13.2. The van der Waals surface area contributed by atoms with Gasteiger partial charge in [0, 0.05) is 28.5 Å². The Bertz CT molecular complexity index is 396. The van der Waals surface area contributed by atoms with Gasteiger partial charge in [-0.05, 0) is 52.7 Å². The molecule has 102 valence electrons. The van der Waals surface area contributed by atoms with Crippen molar-refractivity contribution in [2.24, 2.45) is 0 Å². The molecule has 1 aliphatic rings. The summed E-state index contributed by atoms with van der Waals surface area (Å²) in [6.07, 6.45) is 2.32. The van der Waals surface area contributed by atoms with Gasteiger partial charge in [0.05, 0.1) is 4.34 Å². The van der Waals surface area contributed by atoms with Gasteiger partial charge in [-0.2, -0.15) is 0 Å². The van der Waals surface area contributed by atoms with Gasteiger partial charge in [0.25, 0.3) is 0 Å². The highest BCUT2D eigenvalue weighted by atomic mass is 35.5. The van der Waals surface area contributed by atoms with E-state index >= 15 is 0 Å². The summed E-state index contributed by atoms with van der Waals surface area (Å²) in [4.78, 5) is 1.31. The topological polar surface area (TPSA) is 24.1 Å². The molecule has 1 saturated heterocycles. The predicted octanol–water partition coefficient (Wildman–Crippen LogP) is 3.80. The molecule has 0 aromatic carbocycles. The number of halogens is 1. The molecule has 0 radical (unpaired) electrons. The van der Waals surface area contributed by atoms with Crippen molar-refractivity contribution in [1.82, 2.24) is 10.6 Å². The third kappa shape index (κ3) is 3.95. The van der Waals surface area contributed by atoms with Crippen molar-refractivity contribution in [1.29, 1.82) is 0 Å². The number of piperidine rings is 1. The zero-order chi connectivity index (χ0) is 13.4. The van der Waals surface area contributed by atoms with Crippen LogP contribution in [-0.4, -0.2) is 17.1 Å². The molecule has 2 rings (SSSR count). The molecule has 0 amide bonds. The van der Waals surface area contributed by atoms with Crippen molar-refractivity contribution in [3.63, 3.8) is 0 Å². The SMILES string of the molecule is CC1(C)CC(NCc2ccc(Cl)s2)CC(C)(C)N1. The third-order valence-electron chi connectivity index (χ3n) is 3.38. The number of rotatable bonds is 3. The van der Waals surface area contributed by atoms with Gasteiger partial charge in [0.15, 0.2) is 0 Å². The number of hydrogen-bond acceptors (Lipinski definition) is 3. The minimum atomic E-state index is 0.201. The maximum Gasteiger partial charge on any atom is 0.0931 e. The second-order valence-electron chi connectivity index (χ2n) is 6.58. The highest BCUT2D eigenvalue weighted by Gasteiger charge is 2.37. The molecule has 4 heteroatoms. The van der Waals surface area contributed by atoms with E-state index in [1.165, 1.54) is 4.88 Å². The Morgan fingerprint density at radius 3 is 2.39 bits per heavy atom. The molecule has 0 unspecified atom stereocenters. The minimum absolute atomic E-state index is 0.201. The molecular formula is C14H23ClN2S. The van der Waals surface area contributed by atoms with Gasteiger partial charge in [-0.3, -0.25) is 0 Å². The molecule has 0 spiro atoms. The van der Waals surface area contributed by atoms with E-state index in [0.717, 1.165) is 23.7 Å². The zero-order valence-electron chi connectivity index (χ0n) is 11.6. The average Bonchev–Trinajstić information content (AvgIpc) is 2.56. The number of hydrogen-bond donors (Lipinski definition) is 2. The molecule has 2 heterocycles. The molecule has 1 aromatic heterocycles. The Hall–Kier alpha value is -0.0900. The monoisotopic (exact) mass is 286 g/mol. The highest BCUT2D eigenvalue weighted by molar-refractivity contribution is 7.16. The van der Waals surface area contributed by atoms with Crippen LogP contribution in [0.25, 0.3) is 0 Å². The van der Waals surface area contributed by atoms with Gasteiger partial charge < -0.3 is 10.6 Å². The van der Waals surface area contributed by atoms with Crippen molar-refractivity contribution in [2.75, 3.05) is 0 Å². The molecule has 0 saturated carbocycles. The molecular weight excluding hydrogens is 264 g/mol. The summed E-state index contributed by atoms with van der Waals surface area (Å²) in [5.41, 5.74) is 0.402. The van der Waals surface area contributed by atoms with Crippen LogP contribution in [0.5, 0.6) is 0 Å². The van der Waals surface area contributed by atoms with E-state index in [2.05, 4.69) is 44.4 Å². The first-order valence-electron chi connectivity index (χ1n) is 6.53. The summed E-state index contributed by atoms with van der Waals surface area (Å²) in [5, 5.41) is 7.38. The quantitative estimate of drug-likeness (QED) is 0.883. The molecule has 0 aliphatic carbocycles. The van der Waals surface area contributed by atoms with Gasteiger partial charge in [0.2, 0.25) is 0 Å². The van der Waals surface area contributed by atoms with E-state index in [4.69, 9.17) is 11.6 Å². The molecule has 0 bridgehead atoms. The lowest BCUT2D eigenvalue weighted by molar-refractivity contribution is 0.146. The van der Waals surface area contributed by atoms with Crippen molar-refractivity contribution in [2.45, 2.75) is 64.2 Å². The first-order valence-corrected chi connectivity index (χ1v) is 7.72. The van der Waals surface area contributed by atoms with Crippen LogP contribution in [0.1, 0.15) is 45.4 Å². The van der Waals surface area contributed by atoms with Crippen LogP contribution in [-0.2, 0) is 6.54 Å². The van der Waals surface area contributed by atoms with Crippen LogP contribution in [0, 0.1) is 0 Å². The lowest BCUT2D eigenvalue weighted by atomic mass is 9.79. The van der Waals surface area contributed by atoms with Gasteiger partial charge in [0.1, 0.15) is 0 Å². The predicted molar refractivity (Wildman–Crippen MR) is 80.5 cm³/mol. The maximum absolute atomic E-state index is 5.95. The fraction of sp³-hybridized carbons (Fsp3) is 0.714. The second-order valence-corrected chi connectivity index (χ2v) is 8.38. The van der Waals surface area contributed by atoms with Gasteiger partial charge in [-0.15, -0.1) is 11.3 Å². The molecule has 0 atom stereocenters. The lowest BCUT2D eigenvalue weighted by Crippen LogP contribution is -2.61. The standard InChI is InChI=1S/C14H23ClN2S/c1-13(2)7-10(8-14(3,4)17-13)16-9-11-5-6-12(15)18-11/h5-6,10,16-17H,7-9H2,1-4H3. The van der Waals surface area contributed by atoms with Gasteiger partial charge >= 0.3 is 0 Å². The van der Waals surface area contributed by atoms with Gasteiger partial charge in [-0.25, -0.2) is 0 Å². The molecule has 18 heavy (non-hydrogen) atoms. The summed E-state index contributed by atoms with van der Waals surface area (Å²) in [6, 6.07) is 4.65. The molecule has 1 aliphatic heterocycles. The normalized spacial score (nSPS) is 23.2. The summed E-state index contributed by atoms with van der Waals surface area (Å²) in [6.45, 7) is 10.1. The Labute approximate surface area is 119 Å². The van der Waals surface area contributed by atoms with E-state index < -0.39 is 0 Å². The van der Waals surface area contributed by atoms with Crippen molar-refractivity contribution < 1.29 is 0 Å². The largest absolute Gasteiger partial charge is 0.309 e. The van der Waals surface area contributed by atoms with Crippen molar-refractivity contribution >= 4 is 22.9 Å². The van der Waals surface area contributed by atoms with E-state index in [9.17, 15) is 0 Å². The fourth-order valence-corrected chi connectivity index (χ4v) is 4.20. The Morgan fingerprint density at radius 1 is 1.28 bits per heavy atom. The van der Waals surface area contributed by atoms with Crippen LogP contribution in [0.15, 0.2) is 12.1 Å². The van der Waals surface area contributed by atoms with Gasteiger partial charge in [-0.1, -0.05) is 11.6 Å². The molecule has 2 nitrogen and oxygen atoms in total. The highest BCUT2D eigenvalue weighted by Crippen LogP contribution is 2.29. The molecule has 2 N–H and O–H groups in total. The van der Waals surface area contributed by atoms with Crippen LogP contribution in [0.2, 0.25) is 4.34 Å². The number of nitrogens with one attached hydrogen (secondary N) is 2. The van der Waals surface area contributed by atoms with Crippen LogP contribution in [0.4, 0.5) is 0 Å². The van der Waals surface area contributed by atoms with E-state index in [1.807, 2.05) is 6.07 Å². The summed E-state index contributed by atoms with van der Waals surface area (Å²) in [7, 11) is 0. The Balaban J connectivity index is 1.93. The van der Waals surface area contributed by atoms with Crippen LogP contribution >= 0.6 is 22.9 Å². The average molecular weight is 287 g/mol. The smallest absolute Gasteiger partial charge is 0.0931 e. The lowest BCUT2D eigenvalue weighted by Gasteiger charge is -2.46. The van der Waals surface area contributed by atoms with E-state index in [1.54, 1.807) is 11.3 Å². The maximum atomic E-state index is 5.95. The third-order valence-corrected chi connectivity index (χ3v) is 4.62. The first kappa shape index (κ1) is 14.3. The van der Waals surface area contributed by atoms with E-state index in [-0.39, 0.29) is 11.1 Å². The molecule has 1 aromatic rings. The minimum Gasteiger partial charge on any atom is -0.309 e. The molecule has 1 fully saturated rings. The van der Waals surface area contributed by atoms with Crippen LogP contribution in [0.3, 0.4) is 0 Å². The fourth-order valence-electron chi connectivity index (χ4n) is 3.16. The first-order chi connectivity index (χ1) is 8.26. The van der Waals surface area contributed by atoms with Crippen molar-refractivity contribution in [3.8, 4) is 0 Å². The van der Waals surface area contributed by atoms with Crippen LogP contribution < -0.4 is 10.6 Å². The summed E-state index contributed by atoms with van der Waals surface area (Å²) in [5.74, 6) is 0. The van der Waals surface area contributed by atoms with E-state index in [0.29, 0.717) is 6.04 Å². The summed E-state index contributed by atoms with van der Waals surface area (Å²) < 4.78 is 0.873. The number of thiophene rings is 1. The van der Waals surface area contributed by atoms with Crippen molar-refractivity contribution in [3.05, 3.63) is 21.3 Å². The second kappa shape index (κ2) is 5.12. The Morgan fingerprint density at radius 2 is 1.89 bits per heavy atom. The Kier molecular flexibility index (Phi) is 4.07. The summed E-state index contributed by atoms with van der Waals surface area (Å²) >= 11 is 7.62.